The molecule has 2 aliphatic heterocycles. The van der Waals surface area contributed by atoms with Gasteiger partial charge in [-0.25, -0.2) is 4.98 Å². The van der Waals surface area contributed by atoms with E-state index in [-0.39, 0.29) is 5.41 Å². The molecule has 122 valence electrons. The van der Waals surface area contributed by atoms with Gasteiger partial charge >= 0.3 is 0 Å². The highest BCUT2D eigenvalue weighted by Gasteiger charge is 2.26. The zero-order valence-corrected chi connectivity index (χ0v) is 14.5. The van der Waals surface area contributed by atoms with Crippen LogP contribution in [0.1, 0.15) is 58.4 Å². The van der Waals surface area contributed by atoms with Crippen molar-refractivity contribution in [2.45, 2.75) is 64.3 Å². The van der Waals surface area contributed by atoms with Gasteiger partial charge in [-0.2, -0.15) is 0 Å². The van der Waals surface area contributed by atoms with Gasteiger partial charge in [0.15, 0.2) is 0 Å². The van der Waals surface area contributed by atoms with Gasteiger partial charge in [0.05, 0.1) is 0 Å². The first-order valence-corrected chi connectivity index (χ1v) is 8.99. The highest BCUT2D eigenvalue weighted by molar-refractivity contribution is 5.41. The van der Waals surface area contributed by atoms with Gasteiger partial charge in [0.1, 0.15) is 5.82 Å². The first-order valence-electron chi connectivity index (χ1n) is 8.99. The molecular weight excluding hydrogens is 270 g/mol. The van der Waals surface area contributed by atoms with Gasteiger partial charge < -0.3 is 9.80 Å². The van der Waals surface area contributed by atoms with E-state index in [4.69, 9.17) is 4.98 Å². The maximum atomic E-state index is 4.72. The van der Waals surface area contributed by atoms with Gasteiger partial charge in [-0.15, -0.1) is 0 Å². The normalized spacial score (nSPS) is 22.0. The van der Waals surface area contributed by atoms with Crippen LogP contribution in [0.2, 0.25) is 0 Å². The number of likely N-dealkylation sites (tertiary alicyclic amines) is 1. The molecule has 2 aliphatic rings. The first kappa shape index (κ1) is 15.8. The molecule has 0 aliphatic carbocycles. The summed E-state index contributed by atoms with van der Waals surface area (Å²) in [6, 6.07) is 5.27. The van der Waals surface area contributed by atoms with Crippen LogP contribution in [-0.2, 0) is 5.41 Å². The zero-order chi connectivity index (χ0) is 15.6. The van der Waals surface area contributed by atoms with Gasteiger partial charge in [0.25, 0.3) is 0 Å². The summed E-state index contributed by atoms with van der Waals surface area (Å²) < 4.78 is 0. The van der Waals surface area contributed by atoms with Crippen LogP contribution in [0.25, 0.3) is 0 Å². The minimum atomic E-state index is 0.187. The molecule has 3 rings (SSSR count). The third kappa shape index (κ3) is 3.62. The molecule has 3 heterocycles. The summed E-state index contributed by atoms with van der Waals surface area (Å²) in [6.07, 6.45) is 8.88. The Labute approximate surface area is 135 Å². The SMILES string of the molecule is CC(C)(C)c1ccc(N2CCC(N3CCCCC3)CC2)nc1. The fourth-order valence-electron chi connectivity index (χ4n) is 3.76. The third-order valence-electron chi connectivity index (χ3n) is 5.31. The van der Waals surface area contributed by atoms with Crippen molar-refractivity contribution < 1.29 is 0 Å². The summed E-state index contributed by atoms with van der Waals surface area (Å²) in [5, 5.41) is 0. The van der Waals surface area contributed by atoms with Crippen LogP contribution in [-0.4, -0.2) is 42.1 Å². The Morgan fingerprint density at radius 2 is 1.64 bits per heavy atom. The predicted octanol–water partition coefficient (Wildman–Crippen LogP) is 3.83. The van der Waals surface area contributed by atoms with Crippen molar-refractivity contribution in [3.05, 3.63) is 23.9 Å². The lowest BCUT2D eigenvalue weighted by Crippen LogP contribution is -2.46. The topological polar surface area (TPSA) is 19.4 Å². The maximum Gasteiger partial charge on any atom is 0.128 e. The van der Waals surface area contributed by atoms with Crippen LogP contribution in [0.15, 0.2) is 18.3 Å². The third-order valence-corrected chi connectivity index (χ3v) is 5.31. The van der Waals surface area contributed by atoms with Crippen molar-refractivity contribution in [3.63, 3.8) is 0 Å². The first-order chi connectivity index (χ1) is 10.5. The Morgan fingerprint density at radius 1 is 0.955 bits per heavy atom. The standard InChI is InChI=1S/C19H31N3/c1-19(2,3)16-7-8-18(20-15-16)22-13-9-17(10-14-22)21-11-5-4-6-12-21/h7-8,15,17H,4-6,9-14H2,1-3H3. The minimum Gasteiger partial charge on any atom is -0.357 e. The van der Waals surface area contributed by atoms with E-state index in [1.807, 2.05) is 0 Å². The summed E-state index contributed by atoms with van der Waals surface area (Å²) in [6.45, 7) is 11.7. The molecule has 0 atom stereocenters. The molecule has 0 N–H and O–H groups in total. The molecular formula is C19H31N3. The van der Waals surface area contributed by atoms with Gasteiger partial charge in [0.2, 0.25) is 0 Å². The summed E-state index contributed by atoms with van der Waals surface area (Å²) >= 11 is 0. The van der Waals surface area contributed by atoms with E-state index in [1.54, 1.807) is 0 Å². The number of anilines is 1. The molecule has 0 saturated carbocycles. The fraction of sp³-hybridized carbons (Fsp3) is 0.737. The molecule has 3 heteroatoms. The van der Waals surface area contributed by atoms with Gasteiger partial charge in [0, 0.05) is 25.3 Å². The highest BCUT2D eigenvalue weighted by atomic mass is 15.2. The Balaban J connectivity index is 1.57. The minimum absolute atomic E-state index is 0.187. The molecule has 22 heavy (non-hydrogen) atoms. The molecule has 0 unspecified atom stereocenters. The monoisotopic (exact) mass is 301 g/mol. The molecule has 3 nitrogen and oxygen atoms in total. The number of nitrogens with zero attached hydrogens (tertiary/aromatic N) is 3. The zero-order valence-electron chi connectivity index (χ0n) is 14.5. The van der Waals surface area contributed by atoms with Crippen molar-refractivity contribution >= 4 is 5.82 Å². The van der Waals surface area contributed by atoms with E-state index in [1.165, 1.54) is 50.8 Å². The van der Waals surface area contributed by atoms with E-state index in [2.05, 4.69) is 48.9 Å². The molecule has 2 fully saturated rings. The van der Waals surface area contributed by atoms with E-state index in [9.17, 15) is 0 Å². The number of piperidine rings is 2. The van der Waals surface area contributed by atoms with Crippen molar-refractivity contribution in [1.82, 2.24) is 9.88 Å². The summed E-state index contributed by atoms with van der Waals surface area (Å²) in [5.41, 5.74) is 1.51. The van der Waals surface area contributed by atoms with Crippen LogP contribution in [0.4, 0.5) is 5.82 Å². The predicted molar refractivity (Wildman–Crippen MR) is 93.6 cm³/mol. The maximum absolute atomic E-state index is 4.72. The average molecular weight is 301 g/mol. The number of hydrogen-bond acceptors (Lipinski definition) is 3. The molecule has 1 aromatic rings. The summed E-state index contributed by atoms with van der Waals surface area (Å²) in [5.74, 6) is 1.16. The van der Waals surface area contributed by atoms with Crippen LogP contribution in [0.3, 0.4) is 0 Å². The smallest absolute Gasteiger partial charge is 0.128 e. The number of hydrogen-bond donors (Lipinski definition) is 0. The highest BCUT2D eigenvalue weighted by Crippen LogP contribution is 2.26. The molecule has 0 amide bonds. The molecule has 0 spiro atoms. The Kier molecular flexibility index (Phi) is 4.72. The van der Waals surface area contributed by atoms with Crippen LogP contribution in [0.5, 0.6) is 0 Å². The lowest BCUT2D eigenvalue weighted by atomic mass is 9.88. The lowest BCUT2D eigenvalue weighted by molar-refractivity contribution is 0.141. The Bertz CT molecular complexity index is 460. The van der Waals surface area contributed by atoms with Gasteiger partial charge in [-0.05, 0) is 55.8 Å². The second-order valence-electron chi connectivity index (χ2n) is 7.97. The largest absolute Gasteiger partial charge is 0.357 e. The van der Waals surface area contributed by atoms with Crippen LogP contribution < -0.4 is 4.90 Å². The fourth-order valence-corrected chi connectivity index (χ4v) is 3.76. The second-order valence-corrected chi connectivity index (χ2v) is 7.97. The molecule has 1 aromatic heterocycles. The summed E-state index contributed by atoms with van der Waals surface area (Å²) in [4.78, 5) is 9.92. The van der Waals surface area contributed by atoms with Gasteiger partial charge in [-0.3, -0.25) is 0 Å². The van der Waals surface area contributed by atoms with Crippen molar-refractivity contribution in [2.24, 2.45) is 0 Å². The molecule has 0 radical (unpaired) electrons. The number of aromatic nitrogens is 1. The Hall–Kier alpha value is -1.09. The van der Waals surface area contributed by atoms with Crippen LogP contribution >= 0.6 is 0 Å². The quantitative estimate of drug-likeness (QED) is 0.827. The van der Waals surface area contributed by atoms with Crippen molar-refractivity contribution in [3.8, 4) is 0 Å². The van der Waals surface area contributed by atoms with Crippen LogP contribution in [0, 0.1) is 0 Å². The van der Waals surface area contributed by atoms with E-state index >= 15 is 0 Å². The molecule has 0 bridgehead atoms. The second kappa shape index (κ2) is 6.57. The van der Waals surface area contributed by atoms with E-state index < -0.39 is 0 Å². The molecule has 0 aromatic carbocycles. The lowest BCUT2D eigenvalue weighted by Gasteiger charge is -2.40. The number of pyridine rings is 1. The average Bonchev–Trinajstić information content (AvgIpc) is 2.55. The van der Waals surface area contributed by atoms with Gasteiger partial charge in [-0.1, -0.05) is 33.3 Å². The Morgan fingerprint density at radius 3 is 2.18 bits per heavy atom. The van der Waals surface area contributed by atoms with E-state index in [0.717, 1.165) is 24.9 Å². The number of rotatable bonds is 2. The molecule has 2 saturated heterocycles. The van der Waals surface area contributed by atoms with E-state index in [0.29, 0.717) is 0 Å². The summed E-state index contributed by atoms with van der Waals surface area (Å²) in [7, 11) is 0. The van der Waals surface area contributed by atoms with Crippen molar-refractivity contribution in [2.75, 3.05) is 31.1 Å². The van der Waals surface area contributed by atoms with Crippen molar-refractivity contribution in [1.29, 1.82) is 0 Å².